The zero-order valence-corrected chi connectivity index (χ0v) is 9.25. The van der Waals surface area contributed by atoms with E-state index in [0.717, 1.165) is 23.5 Å². The Morgan fingerprint density at radius 1 is 1.53 bits per heavy atom. The molecule has 0 spiro atoms. The number of hydrogen-bond donors (Lipinski definition) is 1. The second-order valence-electron chi connectivity index (χ2n) is 4.11. The summed E-state index contributed by atoms with van der Waals surface area (Å²) in [6, 6.07) is 5.84. The van der Waals surface area contributed by atoms with E-state index in [0.29, 0.717) is 13.2 Å². The van der Waals surface area contributed by atoms with Gasteiger partial charge in [-0.15, -0.1) is 0 Å². The zero-order valence-electron chi connectivity index (χ0n) is 9.25. The predicted octanol–water partition coefficient (Wildman–Crippen LogP) is 2.04. The Bertz CT molecular complexity index is 361. The van der Waals surface area contributed by atoms with E-state index in [2.05, 4.69) is 0 Å². The van der Waals surface area contributed by atoms with Crippen LogP contribution in [0, 0.1) is 0 Å². The van der Waals surface area contributed by atoms with Crippen LogP contribution in [0.3, 0.4) is 0 Å². The fourth-order valence-corrected chi connectivity index (χ4v) is 1.85. The van der Waals surface area contributed by atoms with Gasteiger partial charge in [-0.05, 0) is 32.0 Å². The van der Waals surface area contributed by atoms with Crippen molar-refractivity contribution in [3.8, 4) is 11.5 Å². The van der Waals surface area contributed by atoms with Crippen LogP contribution in [-0.4, -0.2) is 13.2 Å². The third kappa shape index (κ3) is 1.92. The van der Waals surface area contributed by atoms with Gasteiger partial charge in [0, 0.05) is 17.5 Å². The monoisotopic (exact) mass is 207 g/mol. The van der Waals surface area contributed by atoms with Crippen molar-refractivity contribution in [3.05, 3.63) is 23.8 Å². The fraction of sp³-hybridized carbons (Fsp3) is 0.500. The lowest BCUT2D eigenvalue weighted by Gasteiger charge is -2.32. The summed E-state index contributed by atoms with van der Waals surface area (Å²) < 4.78 is 11.0. The third-order valence-electron chi connectivity index (χ3n) is 2.76. The highest BCUT2D eigenvalue weighted by Gasteiger charge is 2.29. The molecule has 0 fully saturated rings. The zero-order chi connectivity index (χ0) is 10.9. The summed E-state index contributed by atoms with van der Waals surface area (Å²) >= 11 is 0. The van der Waals surface area contributed by atoms with E-state index in [4.69, 9.17) is 15.2 Å². The molecule has 1 aliphatic heterocycles. The fourth-order valence-electron chi connectivity index (χ4n) is 1.85. The lowest BCUT2D eigenvalue weighted by molar-refractivity contribution is 0.226. The average molecular weight is 207 g/mol. The van der Waals surface area contributed by atoms with Gasteiger partial charge in [-0.1, -0.05) is 0 Å². The number of hydrogen-bond acceptors (Lipinski definition) is 3. The standard InChI is InChI=1S/C12H17NO2/c1-3-14-9-4-5-11-10(8-9)12(2,13)6-7-15-11/h4-5,8H,3,6-7,13H2,1-2H3. The normalized spacial score (nSPS) is 24.2. The maximum atomic E-state index is 6.22. The van der Waals surface area contributed by atoms with E-state index >= 15 is 0 Å². The van der Waals surface area contributed by atoms with Crippen molar-refractivity contribution in [3.63, 3.8) is 0 Å². The van der Waals surface area contributed by atoms with Crippen molar-refractivity contribution < 1.29 is 9.47 Å². The third-order valence-corrected chi connectivity index (χ3v) is 2.76. The van der Waals surface area contributed by atoms with E-state index in [1.54, 1.807) is 0 Å². The van der Waals surface area contributed by atoms with Gasteiger partial charge in [0.15, 0.2) is 0 Å². The van der Waals surface area contributed by atoms with Crippen LogP contribution >= 0.6 is 0 Å². The average Bonchev–Trinajstić information content (AvgIpc) is 2.19. The summed E-state index contributed by atoms with van der Waals surface area (Å²) in [6.45, 7) is 5.36. The smallest absolute Gasteiger partial charge is 0.124 e. The summed E-state index contributed by atoms with van der Waals surface area (Å²) in [5, 5.41) is 0. The highest BCUT2D eigenvalue weighted by Crippen LogP contribution is 2.37. The number of nitrogens with two attached hydrogens (primary N) is 1. The van der Waals surface area contributed by atoms with Gasteiger partial charge in [0.25, 0.3) is 0 Å². The van der Waals surface area contributed by atoms with Crippen LogP contribution in [0.15, 0.2) is 18.2 Å². The maximum absolute atomic E-state index is 6.22. The van der Waals surface area contributed by atoms with Crippen molar-refractivity contribution in [2.45, 2.75) is 25.8 Å². The van der Waals surface area contributed by atoms with Crippen LogP contribution in [-0.2, 0) is 5.54 Å². The minimum atomic E-state index is -0.305. The Morgan fingerprint density at radius 3 is 3.07 bits per heavy atom. The molecule has 0 saturated heterocycles. The number of fused-ring (bicyclic) bond motifs is 1. The van der Waals surface area contributed by atoms with Crippen LogP contribution < -0.4 is 15.2 Å². The van der Waals surface area contributed by atoms with Gasteiger partial charge in [-0.2, -0.15) is 0 Å². The Kier molecular flexibility index (Phi) is 2.57. The molecule has 1 atom stereocenters. The first-order valence-corrected chi connectivity index (χ1v) is 5.32. The Balaban J connectivity index is 2.39. The molecule has 3 nitrogen and oxygen atoms in total. The van der Waals surface area contributed by atoms with Crippen LogP contribution in [0.4, 0.5) is 0 Å². The number of ether oxygens (including phenoxy) is 2. The molecule has 0 aliphatic carbocycles. The Morgan fingerprint density at radius 2 is 2.33 bits per heavy atom. The van der Waals surface area contributed by atoms with Crippen LogP contribution in [0.1, 0.15) is 25.8 Å². The van der Waals surface area contributed by atoms with Gasteiger partial charge in [0.2, 0.25) is 0 Å². The van der Waals surface area contributed by atoms with E-state index < -0.39 is 0 Å². The molecule has 1 aromatic rings. The molecule has 1 aliphatic rings. The first-order valence-electron chi connectivity index (χ1n) is 5.32. The minimum absolute atomic E-state index is 0.305. The molecule has 1 unspecified atom stereocenters. The maximum Gasteiger partial charge on any atom is 0.124 e. The van der Waals surface area contributed by atoms with Crippen molar-refractivity contribution in [1.82, 2.24) is 0 Å². The quantitative estimate of drug-likeness (QED) is 0.807. The van der Waals surface area contributed by atoms with Crippen molar-refractivity contribution in [2.24, 2.45) is 5.73 Å². The Labute approximate surface area is 90.2 Å². The number of benzene rings is 1. The van der Waals surface area contributed by atoms with Crippen molar-refractivity contribution >= 4 is 0 Å². The van der Waals surface area contributed by atoms with E-state index in [-0.39, 0.29) is 5.54 Å². The lowest BCUT2D eigenvalue weighted by Crippen LogP contribution is -2.38. The SMILES string of the molecule is CCOc1ccc2c(c1)C(C)(N)CCO2. The summed E-state index contributed by atoms with van der Waals surface area (Å²) in [6.07, 6.45) is 0.843. The molecular weight excluding hydrogens is 190 g/mol. The highest BCUT2D eigenvalue weighted by atomic mass is 16.5. The number of rotatable bonds is 2. The molecule has 3 heteroatoms. The first kappa shape index (κ1) is 10.3. The topological polar surface area (TPSA) is 44.5 Å². The molecule has 1 heterocycles. The molecular formula is C12H17NO2. The first-order chi connectivity index (χ1) is 7.13. The molecule has 1 aromatic carbocycles. The summed E-state index contributed by atoms with van der Waals surface area (Å²) in [4.78, 5) is 0. The van der Waals surface area contributed by atoms with E-state index in [1.807, 2.05) is 32.0 Å². The molecule has 0 bridgehead atoms. The van der Waals surface area contributed by atoms with Crippen molar-refractivity contribution in [2.75, 3.05) is 13.2 Å². The van der Waals surface area contributed by atoms with Gasteiger partial charge in [-0.25, -0.2) is 0 Å². The molecule has 82 valence electrons. The lowest BCUT2D eigenvalue weighted by atomic mass is 9.87. The summed E-state index contributed by atoms with van der Waals surface area (Å²) in [7, 11) is 0. The van der Waals surface area contributed by atoms with E-state index in [1.165, 1.54) is 0 Å². The second kappa shape index (κ2) is 3.74. The summed E-state index contributed by atoms with van der Waals surface area (Å²) in [5.41, 5.74) is 6.96. The second-order valence-corrected chi connectivity index (χ2v) is 4.11. The Hall–Kier alpha value is -1.22. The molecule has 2 rings (SSSR count). The molecule has 0 saturated carbocycles. The van der Waals surface area contributed by atoms with Gasteiger partial charge in [-0.3, -0.25) is 0 Å². The molecule has 0 aromatic heterocycles. The van der Waals surface area contributed by atoms with Crippen molar-refractivity contribution in [1.29, 1.82) is 0 Å². The molecule has 15 heavy (non-hydrogen) atoms. The molecule has 2 N–H and O–H groups in total. The van der Waals surface area contributed by atoms with Gasteiger partial charge >= 0.3 is 0 Å². The van der Waals surface area contributed by atoms with Crippen LogP contribution in [0.2, 0.25) is 0 Å². The minimum Gasteiger partial charge on any atom is -0.494 e. The van der Waals surface area contributed by atoms with E-state index in [9.17, 15) is 0 Å². The van der Waals surface area contributed by atoms with Crippen LogP contribution in [0.25, 0.3) is 0 Å². The van der Waals surface area contributed by atoms with Gasteiger partial charge in [0.1, 0.15) is 11.5 Å². The molecule has 0 amide bonds. The van der Waals surface area contributed by atoms with Crippen LogP contribution in [0.5, 0.6) is 11.5 Å². The summed E-state index contributed by atoms with van der Waals surface area (Å²) in [5.74, 6) is 1.74. The van der Waals surface area contributed by atoms with Gasteiger partial charge < -0.3 is 15.2 Å². The largest absolute Gasteiger partial charge is 0.494 e. The highest BCUT2D eigenvalue weighted by molar-refractivity contribution is 5.45. The van der Waals surface area contributed by atoms with Gasteiger partial charge in [0.05, 0.1) is 13.2 Å². The predicted molar refractivity (Wildman–Crippen MR) is 59.3 cm³/mol. The molecule has 0 radical (unpaired) electrons.